The number of halogens is 2. The Kier molecular flexibility index (Phi) is 7.22. The zero-order valence-electron chi connectivity index (χ0n) is 20.6. The number of hydrogen-bond donors (Lipinski definition) is 0. The van der Waals surface area contributed by atoms with Crippen molar-refractivity contribution in [3.05, 3.63) is 75.3 Å². The van der Waals surface area contributed by atoms with Crippen LogP contribution >= 0.6 is 23.2 Å². The normalized spacial score (nSPS) is 16.3. The molecule has 0 bridgehead atoms. The zero-order chi connectivity index (χ0) is 26.1. The van der Waals surface area contributed by atoms with Gasteiger partial charge in [-0.1, -0.05) is 54.4 Å². The Hall–Kier alpha value is -3.36. The third-order valence-electron chi connectivity index (χ3n) is 6.77. The number of fused-ring (bicyclic) bond motifs is 1. The van der Waals surface area contributed by atoms with E-state index in [1.807, 2.05) is 50.2 Å². The van der Waals surface area contributed by atoms with Crippen LogP contribution < -0.4 is 5.69 Å². The second-order valence-corrected chi connectivity index (χ2v) is 10.1. The van der Waals surface area contributed by atoms with Gasteiger partial charge in [-0.3, -0.25) is 0 Å². The number of carbonyl (C=O) groups is 1. The van der Waals surface area contributed by atoms with Gasteiger partial charge in [0, 0.05) is 27.7 Å². The predicted octanol–water partition coefficient (Wildman–Crippen LogP) is 5.93. The van der Waals surface area contributed by atoms with Crippen molar-refractivity contribution in [1.29, 1.82) is 0 Å². The monoisotopic (exact) mass is 539 g/mol. The van der Waals surface area contributed by atoms with E-state index in [9.17, 15) is 9.59 Å². The first-order chi connectivity index (χ1) is 17.9. The van der Waals surface area contributed by atoms with Gasteiger partial charge in [0.1, 0.15) is 6.10 Å². The highest BCUT2D eigenvalue weighted by atomic mass is 35.5. The van der Waals surface area contributed by atoms with Gasteiger partial charge in [-0.2, -0.15) is 9.61 Å². The Morgan fingerprint density at radius 3 is 2.38 bits per heavy atom. The SMILES string of the molecule is CCC(C)OC(=O)N1CCC[C@H]1Cn1nc2c(-c3ccc(Cl)cc3)c(-c3ccc(Cl)cc3)cnn2c1=O. The summed E-state index contributed by atoms with van der Waals surface area (Å²) in [7, 11) is 0. The van der Waals surface area contributed by atoms with E-state index in [0.29, 0.717) is 22.2 Å². The molecule has 1 unspecified atom stereocenters. The summed E-state index contributed by atoms with van der Waals surface area (Å²) < 4.78 is 8.24. The molecule has 2 aromatic heterocycles. The Morgan fingerprint density at radius 1 is 1.08 bits per heavy atom. The van der Waals surface area contributed by atoms with Crippen molar-refractivity contribution in [3.63, 3.8) is 0 Å². The van der Waals surface area contributed by atoms with Gasteiger partial charge >= 0.3 is 11.8 Å². The van der Waals surface area contributed by atoms with Crippen molar-refractivity contribution in [1.82, 2.24) is 24.3 Å². The van der Waals surface area contributed by atoms with Crippen molar-refractivity contribution < 1.29 is 9.53 Å². The number of benzene rings is 2. The second kappa shape index (κ2) is 10.6. The second-order valence-electron chi connectivity index (χ2n) is 9.24. The number of amides is 1. The van der Waals surface area contributed by atoms with Gasteiger partial charge in [0.25, 0.3) is 0 Å². The molecular formula is C27H27Cl2N5O3. The zero-order valence-corrected chi connectivity index (χ0v) is 22.1. The molecule has 1 fully saturated rings. The van der Waals surface area contributed by atoms with Gasteiger partial charge in [0.05, 0.1) is 18.8 Å². The average molecular weight is 540 g/mol. The molecule has 3 heterocycles. The van der Waals surface area contributed by atoms with Gasteiger partial charge in [-0.25, -0.2) is 14.3 Å². The standard InChI is InChI=1S/C27H27Cl2N5O3/c1-3-17(2)37-27(36)32-14-4-5-22(32)16-33-26(35)34-25(31-33)24(19-8-12-21(29)13-9-19)23(15-30-34)18-6-10-20(28)11-7-18/h6-13,15,17,22H,3-5,14,16H2,1-2H3/t17?,22-/m0/s1. The molecular weight excluding hydrogens is 513 g/mol. The van der Waals surface area contributed by atoms with Gasteiger partial charge in [0.15, 0.2) is 5.65 Å². The summed E-state index contributed by atoms with van der Waals surface area (Å²) in [4.78, 5) is 27.8. The highest BCUT2D eigenvalue weighted by Gasteiger charge is 2.32. The van der Waals surface area contributed by atoms with Gasteiger partial charge in [-0.15, -0.1) is 5.10 Å². The smallest absolute Gasteiger partial charge is 0.410 e. The average Bonchev–Trinajstić information content (AvgIpc) is 3.49. The first-order valence-electron chi connectivity index (χ1n) is 12.3. The van der Waals surface area contributed by atoms with Crippen LogP contribution in [0.15, 0.2) is 59.5 Å². The molecule has 1 aliphatic rings. The first-order valence-corrected chi connectivity index (χ1v) is 13.1. The van der Waals surface area contributed by atoms with Crippen molar-refractivity contribution >= 4 is 34.9 Å². The molecule has 1 amide bonds. The minimum Gasteiger partial charge on any atom is -0.446 e. The lowest BCUT2D eigenvalue weighted by atomic mass is 9.97. The largest absolute Gasteiger partial charge is 0.446 e. The van der Waals surface area contributed by atoms with Gasteiger partial charge in [-0.05, 0) is 61.6 Å². The molecule has 0 aliphatic carbocycles. The molecule has 10 heteroatoms. The van der Waals surface area contributed by atoms with Crippen LogP contribution in [0.5, 0.6) is 0 Å². The maximum absolute atomic E-state index is 13.4. The van der Waals surface area contributed by atoms with Crippen LogP contribution in [0, 0.1) is 0 Å². The fraction of sp³-hybridized carbons (Fsp3) is 0.333. The summed E-state index contributed by atoms with van der Waals surface area (Å²) in [5.41, 5.74) is 3.36. The van der Waals surface area contributed by atoms with E-state index in [4.69, 9.17) is 33.0 Å². The lowest BCUT2D eigenvalue weighted by Crippen LogP contribution is -2.41. The van der Waals surface area contributed by atoms with Crippen molar-refractivity contribution in [2.75, 3.05) is 6.54 Å². The van der Waals surface area contributed by atoms with Crippen LogP contribution in [0.1, 0.15) is 33.1 Å². The van der Waals surface area contributed by atoms with Crippen LogP contribution in [0.25, 0.3) is 27.9 Å². The molecule has 4 aromatic rings. The lowest BCUT2D eigenvalue weighted by Gasteiger charge is -2.25. The van der Waals surface area contributed by atoms with Crippen molar-refractivity contribution in [2.45, 2.75) is 51.8 Å². The maximum Gasteiger partial charge on any atom is 0.410 e. The molecule has 1 aliphatic heterocycles. The Labute approximate surface area is 224 Å². The van der Waals surface area contributed by atoms with E-state index >= 15 is 0 Å². The number of hydrogen-bond acceptors (Lipinski definition) is 5. The predicted molar refractivity (Wildman–Crippen MR) is 144 cm³/mol. The quantitative estimate of drug-likeness (QED) is 0.303. The van der Waals surface area contributed by atoms with E-state index in [1.165, 1.54) is 9.20 Å². The number of rotatable bonds is 6. The number of ether oxygens (including phenoxy) is 1. The summed E-state index contributed by atoms with van der Waals surface area (Å²) in [6.07, 6.45) is 3.51. The van der Waals surface area contributed by atoms with E-state index < -0.39 is 0 Å². The van der Waals surface area contributed by atoms with Crippen LogP contribution in [-0.2, 0) is 11.3 Å². The molecule has 2 aromatic carbocycles. The molecule has 0 spiro atoms. The van der Waals surface area contributed by atoms with E-state index in [1.54, 1.807) is 23.2 Å². The van der Waals surface area contributed by atoms with Gasteiger partial charge in [0.2, 0.25) is 0 Å². The first kappa shape index (κ1) is 25.3. The molecule has 0 saturated carbocycles. The van der Waals surface area contributed by atoms with Crippen LogP contribution in [0.2, 0.25) is 10.0 Å². The van der Waals surface area contributed by atoms with Crippen LogP contribution in [0.4, 0.5) is 4.79 Å². The molecule has 5 rings (SSSR count). The van der Waals surface area contributed by atoms with Crippen LogP contribution in [0.3, 0.4) is 0 Å². The number of aromatic nitrogens is 4. The minimum absolute atomic E-state index is 0.163. The fourth-order valence-electron chi connectivity index (χ4n) is 4.62. The number of carbonyl (C=O) groups excluding carboxylic acids is 1. The maximum atomic E-state index is 13.4. The third kappa shape index (κ3) is 5.08. The van der Waals surface area contributed by atoms with Crippen LogP contribution in [-0.4, -0.2) is 49.1 Å². The summed E-state index contributed by atoms with van der Waals surface area (Å²) in [6.45, 7) is 4.70. The molecule has 2 atom stereocenters. The topological polar surface area (TPSA) is 81.7 Å². The molecule has 1 saturated heterocycles. The molecule has 192 valence electrons. The molecule has 0 radical (unpaired) electrons. The number of likely N-dealkylation sites (tertiary alicyclic amines) is 1. The fourth-order valence-corrected chi connectivity index (χ4v) is 4.87. The summed E-state index contributed by atoms with van der Waals surface area (Å²) in [5.74, 6) is 0. The van der Waals surface area contributed by atoms with Gasteiger partial charge < -0.3 is 9.64 Å². The molecule has 8 nitrogen and oxygen atoms in total. The minimum atomic E-state index is -0.366. The highest BCUT2D eigenvalue weighted by molar-refractivity contribution is 6.31. The van der Waals surface area contributed by atoms with E-state index in [0.717, 1.165) is 41.5 Å². The Balaban J connectivity index is 1.57. The lowest BCUT2D eigenvalue weighted by molar-refractivity contribution is 0.0626. The summed E-state index contributed by atoms with van der Waals surface area (Å²) in [6, 6.07) is 14.6. The third-order valence-corrected chi connectivity index (χ3v) is 7.28. The number of nitrogens with zero attached hydrogens (tertiary/aromatic N) is 5. The summed E-state index contributed by atoms with van der Waals surface area (Å²) in [5, 5.41) is 10.4. The Morgan fingerprint density at radius 2 is 1.73 bits per heavy atom. The molecule has 0 N–H and O–H groups in total. The molecule has 37 heavy (non-hydrogen) atoms. The summed E-state index contributed by atoms with van der Waals surface area (Å²) >= 11 is 12.3. The van der Waals surface area contributed by atoms with E-state index in [2.05, 4.69) is 5.10 Å². The van der Waals surface area contributed by atoms with Crippen molar-refractivity contribution in [3.8, 4) is 22.3 Å². The highest BCUT2D eigenvalue weighted by Crippen LogP contribution is 2.35. The van der Waals surface area contributed by atoms with Crippen molar-refractivity contribution in [2.24, 2.45) is 0 Å². The Bertz CT molecular complexity index is 1480. The van der Waals surface area contributed by atoms with E-state index in [-0.39, 0.29) is 30.5 Å².